The number of hydrogen-bond acceptors (Lipinski definition) is 4. The van der Waals surface area contributed by atoms with Crippen molar-refractivity contribution in [2.24, 2.45) is 0 Å². The summed E-state index contributed by atoms with van der Waals surface area (Å²) < 4.78 is 37.9. The van der Waals surface area contributed by atoms with Gasteiger partial charge in [0.25, 0.3) is 0 Å². The van der Waals surface area contributed by atoms with Gasteiger partial charge in [-0.15, -0.1) is 0 Å². The summed E-state index contributed by atoms with van der Waals surface area (Å²) in [6.45, 7) is 3.93. The highest BCUT2D eigenvalue weighted by Gasteiger charge is 2.31. The Morgan fingerprint density at radius 2 is 2.10 bits per heavy atom. The molecule has 1 amide bonds. The third-order valence-corrected chi connectivity index (χ3v) is 2.48. The molecule has 112 valence electrons. The van der Waals surface area contributed by atoms with Crippen LogP contribution in [0.5, 0.6) is 0 Å². The number of amides is 1. The highest BCUT2D eigenvalue weighted by molar-refractivity contribution is 5.83. The summed E-state index contributed by atoms with van der Waals surface area (Å²) in [6.07, 6.45) is -3.74. The standard InChI is InChI=1S/C12H17F3N4O/c1-3-4-17-11(20)7(2)18-10-6-8(12(13,14)15)5-9(16)19-10/h5-7H,3-4H2,1-2H3,(H,17,20)(H3,16,18,19). The minimum absolute atomic E-state index is 0.0866. The molecule has 1 atom stereocenters. The number of nitrogens with two attached hydrogens (primary N) is 1. The number of anilines is 2. The maximum absolute atomic E-state index is 12.6. The van der Waals surface area contributed by atoms with E-state index < -0.39 is 17.8 Å². The summed E-state index contributed by atoms with van der Waals surface area (Å²) >= 11 is 0. The molecule has 0 saturated carbocycles. The van der Waals surface area contributed by atoms with E-state index in [4.69, 9.17) is 5.73 Å². The van der Waals surface area contributed by atoms with Crippen LogP contribution in [0.4, 0.5) is 24.8 Å². The van der Waals surface area contributed by atoms with E-state index in [1.807, 2.05) is 6.92 Å². The lowest BCUT2D eigenvalue weighted by Crippen LogP contribution is -2.38. The third kappa shape index (κ3) is 4.60. The minimum Gasteiger partial charge on any atom is -0.384 e. The van der Waals surface area contributed by atoms with Crippen molar-refractivity contribution in [3.63, 3.8) is 0 Å². The number of halogens is 3. The molecule has 0 fully saturated rings. The molecule has 0 bridgehead atoms. The fraction of sp³-hybridized carbons (Fsp3) is 0.500. The Bertz CT molecular complexity index is 476. The average Bonchev–Trinajstić information content (AvgIpc) is 2.34. The van der Waals surface area contributed by atoms with E-state index >= 15 is 0 Å². The van der Waals surface area contributed by atoms with Crippen molar-refractivity contribution in [2.45, 2.75) is 32.5 Å². The second-order valence-electron chi connectivity index (χ2n) is 4.32. The number of pyridine rings is 1. The smallest absolute Gasteiger partial charge is 0.384 e. The van der Waals surface area contributed by atoms with Crippen LogP contribution in [0.15, 0.2) is 12.1 Å². The molecule has 0 aromatic carbocycles. The Hall–Kier alpha value is -1.99. The maximum atomic E-state index is 12.6. The van der Waals surface area contributed by atoms with Crippen LogP contribution in [0.3, 0.4) is 0 Å². The van der Waals surface area contributed by atoms with E-state index in [1.54, 1.807) is 0 Å². The number of nitrogens with zero attached hydrogens (tertiary/aromatic N) is 1. The quantitative estimate of drug-likeness (QED) is 0.775. The number of hydrogen-bond donors (Lipinski definition) is 3. The fourth-order valence-corrected chi connectivity index (χ4v) is 1.48. The molecule has 0 radical (unpaired) electrons. The molecule has 1 heterocycles. The molecule has 8 heteroatoms. The van der Waals surface area contributed by atoms with Crippen molar-refractivity contribution in [2.75, 3.05) is 17.6 Å². The zero-order chi connectivity index (χ0) is 15.3. The van der Waals surface area contributed by atoms with Gasteiger partial charge in [0.05, 0.1) is 5.56 Å². The second-order valence-corrected chi connectivity index (χ2v) is 4.32. The van der Waals surface area contributed by atoms with Crippen LogP contribution in [-0.2, 0) is 11.0 Å². The van der Waals surface area contributed by atoms with Gasteiger partial charge in [0.15, 0.2) is 0 Å². The monoisotopic (exact) mass is 290 g/mol. The van der Waals surface area contributed by atoms with Crippen LogP contribution >= 0.6 is 0 Å². The largest absolute Gasteiger partial charge is 0.416 e. The molecule has 0 saturated heterocycles. The molecule has 1 aromatic heterocycles. The first kappa shape index (κ1) is 16.1. The van der Waals surface area contributed by atoms with E-state index in [-0.39, 0.29) is 17.5 Å². The Labute approximate surface area is 114 Å². The van der Waals surface area contributed by atoms with E-state index in [1.165, 1.54) is 6.92 Å². The Kier molecular flexibility index (Phi) is 5.18. The summed E-state index contributed by atoms with van der Waals surface area (Å²) in [5.41, 5.74) is 4.43. The van der Waals surface area contributed by atoms with Gasteiger partial charge in [-0.25, -0.2) is 4.98 Å². The van der Waals surface area contributed by atoms with Crippen molar-refractivity contribution in [1.29, 1.82) is 0 Å². The van der Waals surface area contributed by atoms with Gasteiger partial charge in [0.1, 0.15) is 17.7 Å². The van der Waals surface area contributed by atoms with Crippen LogP contribution in [0, 0.1) is 0 Å². The summed E-state index contributed by atoms with van der Waals surface area (Å²) in [5, 5.41) is 5.23. The van der Waals surface area contributed by atoms with Gasteiger partial charge in [-0.2, -0.15) is 13.2 Å². The number of aromatic nitrogens is 1. The molecule has 20 heavy (non-hydrogen) atoms. The lowest BCUT2D eigenvalue weighted by molar-refractivity contribution is -0.137. The molecular weight excluding hydrogens is 273 g/mol. The lowest BCUT2D eigenvalue weighted by atomic mass is 10.2. The van der Waals surface area contributed by atoms with Gasteiger partial charge in [0.2, 0.25) is 5.91 Å². The van der Waals surface area contributed by atoms with E-state index in [0.717, 1.165) is 18.6 Å². The molecule has 1 rings (SSSR count). The predicted molar refractivity (Wildman–Crippen MR) is 70.0 cm³/mol. The van der Waals surface area contributed by atoms with E-state index in [2.05, 4.69) is 15.6 Å². The van der Waals surface area contributed by atoms with Crippen molar-refractivity contribution in [1.82, 2.24) is 10.3 Å². The third-order valence-electron chi connectivity index (χ3n) is 2.48. The Balaban J connectivity index is 2.82. The topological polar surface area (TPSA) is 80.0 Å². The number of rotatable bonds is 5. The molecular formula is C12H17F3N4O. The summed E-state index contributed by atoms with van der Waals surface area (Å²) in [6, 6.07) is 0.851. The van der Waals surface area contributed by atoms with Crippen LogP contribution in [0.1, 0.15) is 25.8 Å². The fourth-order valence-electron chi connectivity index (χ4n) is 1.48. The van der Waals surface area contributed by atoms with Gasteiger partial charge < -0.3 is 16.4 Å². The van der Waals surface area contributed by atoms with Crippen LogP contribution in [-0.4, -0.2) is 23.5 Å². The van der Waals surface area contributed by atoms with E-state index in [9.17, 15) is 18.0 Å². The van der Waals surface area contributed by atoms with Crippen molar-refractivity contribution < 1.29 is 18.0 Å². The lowest BCUT2D eigenvalue weighted by Gasteiger charge is -2.16. The summed E-state index contributed by atoms with van der Waals surface area (Å²) in [7, 11) is 0. The van der Waals surface area contributed by atoms with Gasteiger partial charge in [-0.1, -0.05) is 6.92 Å². The molecule has 1 unspecified atom stereocenters. The first-order valence-corrected chi connectivity index (χ1v) is 6.13. The first-order valence-electron chi connectivity index (χ1n) is 6.13. The normalized spacial score (nSPS) is 12.8. The molecule has 0 aliphatic rings. The van der Waals surface area contributed by atoms with Crippen molar-refractivity contribution in [3.8, 4) is 0 Å². The van der Waals surface area contributed by atoms with Crippen molar-refractivity contribution >= 4 is 17.5 Å². The number of carbonyl (C=O) groups excluding carboxylic acids is 1. The van der Waals surface area contributed by atoms with Gasteiger partial charge in [-0.05, 0) is 25.5 Å². The SMILES string of the molecule is CCCNC(=O)C(C)Nc1cc(C(F)(F)F)cc(N)n1. The van der Waals surface area contributed by atoms with Crippen LogP contribution in [0.2, 0.25) is 0 Å². The van der Waals surface area contributed by atoms with Gasteiger partial charge in [-0.3, -0.25) is 4.79 Å². The number of carbonyl (C=O) groups is 1. The zero-order valence-corrected chi connectivity index (χ0v) is 11.2. The molecule has 5 nitrogen and oxygen atoms in total. The number of alkyl halides is 3. The van der Waals surface area contributed by atoms with Crippen LogP contribution in [0.25, 0.3) is 0 Å². The maximum Gasteiger partial charge on any atom is 0.416 e. The van der Waals surface area contributed by atoms with Crippen molar-refractivity contribution in [3.05, 3.63) is 17.7 Å². The molecule has 0 spiro atoms. The highest BCUT2D eigenvalue weighted by Crippen LogP contribution is 2.31. The number of nitrogen functional groups attached to an aromatic ring is 1. The van der Waals surface area contributed by atoms with Gasteiger partial charge in [0, 0.05) is 6.54 Å². The average molecular weight is 290 g/mol. The molecule has 0 aliphatic carbocycles. The first-order chi connectivity index (χ1) is 9.24. The number of nitrogens with one attached hydrogen (secondary N) is 2. The molecule has 1 aromatic rings. The summed E-state index contributed by atoms with van der Waals surface area (Å²) in [4.78, 5) is 15.4. The zero-order valence-electron chi connectivity index (χ0n) is 11.2. The van der Waals surface area contributed by atoms with E-state index in [0.29, 0.717) is 6.54 Å². The highest BCUT2D eigenvalue weighted by atomic mass is 19.4. The second kappa shape index (κ2) is 6.44. The summed E-state index contributed by atoms with van der Waals surface area (Å²) in [5.74, 6) is -0.662. The van der Waals surface area contributed by atoms with Crippen LogP contribution < -0.4 is 16.4 Å². The molecule has 0 aliphatic heterocycles. The Morgan fingerprint density at radius 1 is 1.45 bits per heavy atom. The minimum atomic E-state index is -4.51. The Morgan fingerprint density at radius 3 is 2.65 bits per heavy atom. The molecule has 4 N–H and O–H groups in total. The predicted octanol–water partition coefficient (Wildman–Crippen LogP) is 2.01. The van der Waals surface area contributed by atoms with Gasteiger partial charge >= 0.3 is 6.18 Å².